The molecule has 2 heteroatoms. The summed E-state index contributed by atoms with van der Waals surface area (Å²) >= 11 is 6.73. The zero-order valence-electron chi connectivity index (χ0n) is 9.20. The van der Waals surface area contributed by atoms with E-state index in [1.54, 1.807) is 0 Å². The highest BCUT2D eigenvalue weighted by Crippen LogP contribution is 2.16. The molecule has 0 fully saturated rings. The fourth-order valence-corrected chi connectivity index (χ4v) is 1.95. The lowest BCUT2D eigenvalue weighted by atomic mass is 10.1. The van der Waals surface area contributed by atoms with E-state index in [-0.39, 0.29) is 0 Å². The average molecular weight is 326 g/mol. The largest absolute Gasteiger partial charge is 0.0654 e. The first kappa shape index (κ1) is 14.7. The van der Waals surface area contributed by atoms with Crippen molar-refractivity contribution in [3.05, 3.63) is 9.47 Å². The minimum Gasteiger partial charge on any atom is -0.0654 e. The van der Waals surface area contributed by atoms with Crippen LogP contribution in [0.3, 0.4) is 0 Å². The summed E-state index contributed by atoms with van der Waals surface area (Å²) in [6.45, 7) is 2.27. The standard InChI is InChI=1S/C12H22Br2/c1-2-3-4-5-6-7-8-9-10-11-12(13)14/h11H,2-10H2,1H3. The molecule has 0 rings (SSSR count). The molecule has 0 aromatic heterocycles. The van der Waals surface area contributed by atoms with Gasteiger partial charge in [0, 0.05) is 0 Å². The van der Waals surface area contributed by atoms with Gasteiger partial charge in [-0.05, 0) is 44.7 Å². The lowest BCUT2D eigenvalue weighted by molar-refractivity contribution is 0.577. The van der Waals surface area contributed by atoms with Gasteiger partial charge >= 0.3 is 0 Å². The zero-order chi connectivity index (χ0) is 10.6. The maximum atomic E-state index is 3.36. The Hall–Kier alpha value is 0.700. The van der Waals surface area contributed by atoms with Crippen molar-refractivity contribution >= 4 is 31.9 Å². The second-order valence-corrected chi connectivity index (χ2v) is 6.53. The third-order valence-corrected chi connectivity index (χ3v) is 3.00. The van der Waals surface area contributed by atoms with Crippen molar-refractivity contribution in [2.45, 2.75) is 64.7 Å². The minimum atomic E-state index is 1.09. The van der Waals surface area contributed by atoms with E-state index in [0.29, 0.717) is 0 Å². The lowest BCUT2D eigenvalue weighted by Crippen LogP contribution is -1.79. The first-order chi connectivity index (χ1) is 6.77. The topological polar surface area (TPSA) is 0 Å². The predicted molar refractivity (Wildman–Crippen MR) is 73.2 cm³/mol. The summed E-state index contributed by atoms with van der Waals surface area (Å²) in [4.78, 5) is 0. The van der Waals surface area contributed by atoms with Crippen LogP contribution in [0.5, 0.6) is 0 Å². The molecular weight excluding hydrogens is 304 g/mol. The van der Waals surface area contributed by atoms with Gasteiger partial charge in [-0.15, -0.1) is 0 Å². The van der Waals surface area contributed by atoms with E-state index < -0.39 is 0 Å². The van der Waals surface area contributed by atoms with Crippen molar-refractivity contribution in [2.24, 2.45) is 0 Å². The molecule has 0 spiro atoms. The Morgan fingerprint density at radius 3 is 1.86 bits per heavy atom. The number of hydrogen-bond donors (Lipinski definition) is 0. The summed E-state index contributed by atoms with van der Waals surface area (Å²) in [5.41, 5.74) is 0. The molecule has 0 heterocycles. The van der Waals surface area contributed by atoms with Crippen molar-refractivity contribution in [3.63, 3.8) is 0 Å². The van der Waals surface area contributed by atoms with Crippen LogP contribution in [-0.4, -0.2) is 0 Å². The Balaban J connectivity index is 2.96. The number of rotatable bonds is 9. The van der Waals surface area contributed by atoms with E-state index in [1.165, 1.54) is 57.8 Å². The molecule has 0 nitrogen and oxygen atoms in total. The van der Waals surface area contributed by atoms with Crippen molar-refractivity contribution in [1.82, 2.24) is 0 Å². The molecule has 0 amide bonds. The molecular formula is C12H22Br2. The highest BCUT2D eigenvalue weighted by atomic mass is 79.9. The molecule has 0 aromatic rings. The zero-order valence-corrected chi connectivity index (χ0v) is 12.4. The Morgan fingerprint density at radius 2 is 1.36 bits per heavy atom. The van der Waals surface area contributed by atoms with Gasteiger partial charge in [-0.2, -0.15) is 0 Å². The Morgan fingerprint density at radius 1 is 0.857 bits per heavy atom. The van der Waals surface area contributed by atoms with Crippen LogP contribution < -0.4 is 0 Å². The number of hydrogen-bond acceptors (Lipinski definition) is 0. The molecule has 0 aliphatic carbocycles. The Labute approximate surface area is 106 Å². The van der Waals surface area contributed by atoms with E-state index in [1.807, 2.05) is 0 Å². The van der Waals surface area contributed by atoms with Crippen LogP contribution >= 0.6 is 31.9 Å². The van der Waals surface area contributed by atoms with E-state index in [0.717, 1.165) is 3.39 Å². The first-order valence-corrected chi connectivity index (χ1v) is 7.37. The SMILES string of the molecule is CCCCCCCCCCC=C(Br)Br. The maximum absolute atomic E-state index is 3.36. The Kier molecular flexibility index (Phi) is 12.4. The highest BCUT2D eigenvalue weighted by Gasteiger charge is 1.90. The summed E-state index contributed by atoms with van der Waals surface area (Å²) in [5, 5.41) is 0. The predicted octanol–water partition coefficient (Wildman–Crippen LogP) is 6.15. The fourth-order valence-electron chi connectivity index (χ4n) is 1.49. The quantitative estimate of drug-likeness (QED) is 0.446. The third-order valence-electron chi connectivity index (χ3n) is 2.36. The summed E-state index contributed by atoms with van der Waals surface area (Å²) in [6, 6.07) is 0. The molecule has 0 aliphatic rings. The van der Waals surface area contributed by atoms with E-state index in [4.69, 9.17) is 0 Å². The number of halogens is 2. The molecule has 0 bridgehead atoms. The Bertz CT molecular complexity index is 137. The lowest BCUT2D eigenvalue weighted by Gasteiger charge is -1.99. The average Bonchev–Trinajstić information content (AvgIpc) is 2.15. The van der Waals surface area contributed by atoms with Crippen LogP contribution in [0.2, 0.25) is 0 Å². The monoisotopic (exact) mass is 324 g/mol. The van der Waals surface area contributed by atoms with Crippen LogP contribution in [-0.2, 0) is 0 Å². The van der Waals surface area contributed by atoms with E-state index in [2.05, 4.69) is 44.9 Å². The molecule has 0 aliphatic heterocycles. The second kappa shape index (κ2) is 11.8. The molecule has 0 aromatic carbocycles. The van der Waals surface area contributed by atoms with Crippen molar-refractivity contribution < 1.29 is 0 Å². The second-order valence-electron chi connectivity index (χ2n) is 3.76. The third kappa shape index (κ3) is 12.7. The van der Waals surface area contributed by atoms with E-state index >= 15 is 0 Å². The van der Waals surface area contributed by atoms with E-state index in [9.17, 15) is 0 Å². The van der Waals surface area contributed by atoms with Crippen LogP contribution in [0.1, 0.15) is 64.7 Å². The molecule has 84 valence electrons. The maximum Gasteiger partial charge on any atom is 0.0564 e. The molecule has 0 radical (unpaired) electrons. The molecule has 0 saturated heterocycles. The first-order valence-electron chi connectivity index (χ1n) is 5.78. The van der Waals surface area contributed by atoms with Crippen LogP contribution in [0.15, 0.2) is 9.47 Å². The van der Waals surface area contributed by atoms with Gasteiger partial charge < -0.3 is 0 Å². The van der Waals surface area contributed by atoms with Gasteiger partial charge in [-0.1, -0.05) is 57.9 Å². The van der Waals surface area contributed by atoms with Gasteiger partial charge in [-0.25, -0.2) is 0 Å². The van der Waals surface area contributed by atoms with Crippen LogP contribution in [0.25, 0.3) is 0 Å². The number of unbranched alkanes of at least 4 members (excludes halogenated alkanes) is 8. The summed E-state index contributed by atoms with van der Waals surface area (Å²) in [7, 11) is 0. The van der Waals surface area contributed by atoms with Gasteiger partial charge in [0.1, 0.15) is 0 Å². The smallest absolute Gasteiger partial charge is 0.0564 e. The van der Waals surface area contributed by atoms with Gasteiger partial charge in [0.2, 0.25) is 0 Å². The fraction of sp³-hybridized carbons (Fsp3) is 0.833. The summed E-state index contributed by atoms with van der Waals surface area (Å²) in [6.07, 6.45) is 14.6. The van der Waals surface area contributed by atoms with Crippen LogP contribution in [0.4, 0.5) is 0 Å². The summed E-state index contributed by atoms with van der Waals surface area (Å²) < 4.78 is 1.09. The van der Waals surface area contributed by atoms with Crippen molar-refractivity contribution in [1.29, 1.82) is 0 Å². The van der Waals surface area contributed by atoms with Crippen molar-refractivity contribution in [2.75, 3.05) is 0 Å². The normalized spacial score (nSPS) is 10.2. The van der Waals surface area contributed by atoms with Gasteiger partial charge in [0.15, 0.2) is 0 Å². The van der Waals surface area contributed by atoms with Crippen LogP contribution in [0, 0.1) is 0 Å². The molecule has 14 heavy (non-hydrogen) atoms. The van der Waals surface area contributed by atoms with Gasteiger partial charge in [0.05, 0.1) is 3.39 Å². The minimum absolute atomic E-state index is 1.09. The molecule has 0 N–H and O–H groups in total. The van der Waals surface area contributed by atoms with Gasteiger partial charge in [0.25, 0.3) is 0 Å². The van der Waals surface area contributed by atoms with Crippen molar-refractivity contribution in [3.8, 4) is 0 Å². The summed E-state index contributed by atoms with van der Waals surface area (Å²) in [5.74, 6) is 0. The number of allylic oxidation sites excluding steroid dienone is 1. The molecule has 0 saturated carbocycles. The molecule has 0 atom stereocenters. The highest BCUT2D eigenvalue weighted by molar-refractivity contribution is 9.28. The molecule has 0 unspecified atom stereocenters. The van der Waals surface area contributed by atoms with Gasteiger partial charge in [-0.3, -0.25) is 0 Å².